The van der Waals surface area contributed by atoms with Crippen LogP contribution >= 0.6 is 0 Å². The predicted octanol–water partition coefficient (Wildman–Crippen LogP) is -0.248. The van der Waals surface area contributed by atoms with Gasteiger partial charge >= 0.3 is 0 Å². The summed E-state index contributed by atoms with van der Waals surface area (Å²) in [4.78, 5) is 11.6. The number of hydrogen-bond acceptors (Lipinski definition) is 5. The summed E-state index contributed by atoms with van der Waals surface area (Å²) >= 11 is 0. The number of nitrogens with zero attached hydrogens (tertiary/aromatic N) is 3. The molecule has 0 bridgehead atoms. The van der Waals surface area contributed by atoms with Crippen molar-refractivity contribution < 1.29 is 4.79 Å². The number of carbonyl (C=O) groups is 1. The van der Waals surface area contributed by atoms with Crippen LogP contribution in [0, 0.1) is 5.92 Å². The molecule has 2 unspecified atom stereocenters. The molecule has 0 aliphatic heterocycles. The number of amides is 1. The molecule has 2 atom stereocenters. The van der Waals surface area contributed by atoms with E-state index in [9.17, 15) is 4.79 Å². The van der Waals surface area contributed by atoms with Gasteiger partial charge in [0.15, 0.2) is 5.82 Å². The predicted molar refractivity (Wildman–Crippen MR) is 58.2 cm³/mol. The molecular weight excluding hydrogens is 208 g/mol. The van der Waals surface area contributed by atoms with E-state index in [1.807, 2.05) is 13.8 Å². The zero-order valence-corrected chi connectivity index (χ0v) is 9.60. The number of carbonyl (C=O) groups excluding carboxylic acids is 1. The van der Waals surface area contributed by atoms with Crippen molar-refractivity contribution >= 4 is 5.91 Å². The summed E-state index contributed by atoms with van der Waals surface area (Å²) in [6.45, 7) is 4.36. The van der Waals surface area contributed by atoms with Gasteiger partial charge in [-0.15, -0.1) is 10.2 Å². The summed E-state index contributed by atoms with van der Waals surface area (Å²) in [5.74, 6) is 0.682. The van der Waals surface area contributed by atoms with Crippen molar-refractivity contribution in [1.29, 1.82) is 0 Å². The van der Waals surface area contributed by atoms with Crippen LogP contribution in [0.3, 0.4) is 0 Å². The number of nitrogens with one attached hydrogen (secondary N) is 2. The van der Waals surface area contributed by atoms with E-state index in [0.29, 0.717) is 18.8 Å². The van der Waals surface area contributed by atoms with E-state index >= 15 is 0 Å². The molecule has 1 heterocycles. The van der Waals surface area contributed by atoms with Crippen LogP contribution in [0.4, 0.5) is 0 Å². The van der Waals surface area contributed by atoms with Gasteiger partial charge in [0.2, 0.25) is 5.91 Å². The average molecular weight is 226 g/mol. The molecule has 1 amide bonds. The molecular formula is C9H18N6O. The van der Waals surface area contributed by atoms with Gasteiger partial charge in [-0.1, -0.05) is 18.6 Å². The van der Waals surface area contributed by atoms with Crippen molar-refractivity contribution in [2.24, 2.45) is 11.7 Å². The van der Waals surface area contributed by atoms with Crippen molar-refractivity contribution in [1.82, 2.24) is 25.9 Å². The van der Waals surface area contributed by atoms with Crippen LogP contribution in [-0.2, 0) is 4.79 Å². The van der Waals surface area contributed by atoms with Crippen molar-refractivity contribution in [3.05, 3.63) is 5.82 Å². The van der Waals surface area contributed by atoms with E-state index in [2.05, 4.69) is 25.9 Å². The maximum atomic E-state index is 11.6. The summed E-state index contributed by atoms with van der Waals surface area (Å²) in [6.07, 6.45) is 1.34. The topological polar surface area (TPSA) is 110 Å². The van der Waals surface area contributed by atoms with Crippen LogP contribution in [0.15, 0.2) is 0 Å². The fourth-order valence-electron chi connectivity index (χ4n) is 1.37. The third-order valence-electron chi connectivity index (χ3n) is 2.51. The van der Waals surface area contributed by atoms with Gasteiger partial charge in [-0.2, -0.15) is 5.21 Å². The summed E-state index contributed by atoms with van der Waals surface area (Å²) in [5.41, 5.74) is 5.54. The molecule has 1 rings (SSSR count). The Balaban J connectivity index is 2.39. The number of hydrogen-bond donors (Lipinski definition) is 3. The first kappa shape index (κ1) is 12.6. The summed E-state index contributed by atoms with van der Waals surface area (Å²) < 4.78 is 0. The lowest BCUT2D eigenvalue weighted by Crippen LogP contribution is -2.30. The minimum atomic E-state index is -0.235. The fourth-order valence-corrected chi connectivity index (χ4v) is 1.37. The summed E-state index contributed by atoms with van der Waals surface area (Å²) in [6, 6.07) is -0.235. The summed E-state index contributed by atoms with van der Waals surface area (Å²) in [7, 11) is 0. The second-order valence-corrected chi connectivity index (χ2v) is 3.77. The first-order chi connectivity index (χ1) is 7.67. The van der Waals surface area contributed by atoms with Crippen LogP contribution in [-0.4, -0.2) is 33.1 Å². The van der Waals surface area contributed by atoms with Crippen LogP contribution in [0.2, 0.25) is 0 Å². The first-order valence-corrected chi connectivity index (χ1v) is 5.40. The molecule has 90 valence electrons. The zero-order valence-electron chi connectivity index (χ0n) is 9.60. The van der Waals surface area contributed by atoms with Gasteiger partial charge in [-0.25, -0.2) is 0 Å². The quantitative estimate of drug-likeness (QED) is 0.619. The van der Waals surface area contributed by atoms with Gasteiger partial charge in [0.05, 0.1) is 6.04 Å². The van der Waals surface area contributed by atoms with Gasteiger partial charge in [-0.3, -0.25) is 4.79 Å². The molecule has 0 saturated heterocycles. The average Bonchev–Trinajstić information content (AvgIpc) is 2.79. The Bertz CT molecular complexity index is 308. The van der Waals surface area contributed by atoms with Gasteiger partial charge < -0.3 is 11.1 Å². The van der Waals surface area contributed by atoms with Crippen molar-refractivity contribution in [3.8, 4) is 0 Å². The molecule has 0 saturated carbocycles. The molecule has 1 aromatic heterocycles. The number of aromatic amines is 1. The fraction of sp³-hybridized carbons (Fsp3) is 0.778. The second kappa shape index (κ2) is 6.16. The SMILES string of the molecule is CCC(CN)CC(=O)NC(C)c1nn[nH]n1. The van der Waals surface area contributed by atoms with Gasteiger partial charge in [0.25, 0.3) is 0 Å². The van der Waals surface area contributed by atoms with Crippen LogP contribution < -0.4 is 11.1 Å². The van der Waals surface area contributed by atoms with Gasteiger partial charge in [0, 0.05) is 6.42 Å². The van der Waals surface area contributed by atoms with Gasteiger partial charge in [-0.05, 0) is 19.4 Å². The van der Waals surface area contributed by atoms with Crippen molar-refractivity contribution in [3.63, 3.8) is 0 Å². The number of nitrogens with two attached hydrogens (primary N) is 1. The zero-order chi connectivity index (χ0) is 12.0. The van der Waals surface area contributed by atoms with E-state index in [-0.39, 0.29) is 17.9 Å². The van der Waals surface area contributed by atoms with E-state index in [4.69, 9.17) is 5.73 Å². The largest absolute Gasteiger partial charge is 0.346 e. The lowest BCUT2D eigenvalue weighted by molar-refractivity contribution is -0.122. The number of rotatable bonds is 6. The van der Waals surface area contributed by atoms with Crippen LogP contribution in [0.5, 0.6) is 0 Å². The standard InChI is InChI=1S/C9H18N6O/c1-3-7(5-10)4-8(16)11-6(2)9-12-14-15-13-9/h6-7H,3-5,10H2,1-2H3,(H,11,16)(H,12,13,14,15). The Morgan fingerprint density at radius 3 is 2.88 bits per heavy atom. The molecule has 0 radical (unpaired) electrons. The molecule has 1 aromatic rings. The lowest BCUT2D eigenvalue weighted by Gasteiger charge is -2.14. The maximum Gasteiger partial charge on any atom is 0.220 e. The Morgan fingerprint density at radius 2 is 2.38 bits per heavy atom. The highest BCUT2D eigenvalue weighted by molar-refractivity contribution is 5.76. The normalized spacial score (nSPS) is 14.4. The molecule has 0 fully saturated rings. The van der Waals surface area contributed by atoms with E-state index < -0.39 is 0 Å². The molecule has 0 spiro atoms. The third-order valence-corrected chi connectivity index (χ3v) is 2.51. The van der Waals surface area contributed by atoms with E-state index in [1.165, 1.54) is 0 Å². The molecule has 0 aliphatic carbocycles. The Hall–Kier alpha value is -1.50. The molecule has 0 aromatic carbocycles. The van der Waals surface area contributed by atoms with E-state index in [0.717, 1.165) is 6.42 Å². The molecule has 7 heteroatoms. The molecule has 7 nitrogen and oxygen atoms in total. The number of H-pyrrole nitrogens is 1. The number of aromatic nitrogens is 4. The Labute approximate surface area is 94.2 Å². The van der Waals surface area contributed by atoms with Crippen LogP contribution in [0.1, 0.15) is 38.6 Å². The Kier molecular flexibility index (Phi) is 4.84. The molecule has 16 heavy (non-hydrogen) atoms. The highest BCUT2D eigenvalue weighted by Crippen LogP contribution is 2.08. The monoisotopic (exact) mass is 226 g/mol. The lowest BCUT2D eigenvalue weighted by atomic mass is 10.0. The number of tetrazole rings is 1. The Morgan fingerprint density at radius 1 is 1.62 bits per heavy atom. The molecule has 0 aliphatic rings. The van der Waals surface area contributed by atoms with Crippen molar-refractivity contribution in [2.75, 3.05) is 6.54 Å². The van der Waals surface area contributed by atoms with Crippen LogP contribution in [0.25, 0.3) is 0 Å². The second-order valence-electron chi connectivity index (χ2n) is 3.77. The van der Waals surface area contributed by atoms with Gasteiger partial charge in [0.1, 0.15) is 0 Å². The molecule has 4 N–H and O–H groups in total. The maximum absolute atomic E-state index is 11.6. The third kappa shape index (κ3) is 3.58. The van der Waals surface area contributed by atoms with Crippen molar-refractivity contribution in [2.45, 2.75) is 32.7 Å². The minimum Gasteiger partial charge on any atom is -0.346 e. The van der Waals surface area contributed by atoms with E-state index in [1.54, 1.807) is 0 Å². The summed E-state index contributed by atoms with van der Waals surface area (Å²) in [5, 5.41) is 16.2. The highest BCUT2D eigenvalue weighted by atomic mass is 16.1. The minimum absolute atomic E-state index is 0.0328. The first-order valence-electron chi connectivity index (χ1n) is 5.40. The highest BCUT2D eigenvalue weighted by Gasteiger charge is 2.15. The smallest absolute Gasteiger partial charge is 0.220 e.